The molecular weight excluding hydrogens is 280 g/mol. The van der Waals surface area contributed by atoms with Gasteiger partial charge in [0.15, 0.2) is 8.32 Å². The van der Waals surface area contributed by atoms with Crippen molar-refractivity contribution in [2.45, 2.75) is 64.6 Å². The largest absolute Gasteiger partial charge is 0.463 e. The van der Waals surface area contributed by atoms with E-state index in [1.165, 1.54) is 0 Å². The van der Waals surface area contributed by atoms with E-state index >= 15 is 0 Å². The van der Waals surface area contributed by atoms with Crippen LogP contribution in [0.4, 0.5) is 0 Å². The summed E-state index contributed by atoms with van der Waals surface area (Å²) in [5, 5.41) is 0.202. The van der Waals surface area contributed by atoms with Crippen LogP contribution in [0.3, 0.4) is 0 Å². The van der Waals surface area contributed by atoms with Crippen LogP contribution in [0, 0.1) is 0 Å². The molecule has 1 aliphatic heterocycles. The van der Waals surface area contributed by atoms with Crippen molar-refractivity contribution in [3.8, 4) is 5.75 Å². The first-order valence-corrected chi connectivity index (χ1v) is 10.5. The minimum Gasteiger partial charge on any atom is -0.463 e. The topological polar surface area (TPSA) is 27.7 Å². The average Bonchev–Trinajstić information content (AvgIpc) is 2.33. The quantitative estimate of drug-likeness (QED) is 0.744. The molecule has 118 valence electrons. The van der Waals surface area contributed by atoms with Gasteiger partial charge in [-0.05, 0) is 24.2 Å². The summed E-state index contributed by atoms with van der Waals surface area (Å²) in [6.07, 6.45) is -0.0703. The minimum absolute atomic E-state index is 0.0703. The van der Waals surface area contributed by atoms with Crippen molar-refractivity contribution < 1.29 is 13.9 Å². The zero-order valence-corrected chi connectivity index (χ0v) is 15.3. The number of hydrogen-bond acceptors (Lipinski definition) is 3. The van der Waals surface area contributed by atoms with E-state index in [0.29, 0.717) is 6.61 Å². The second kappa shape index (κ2) is 5.41. The Morgan fingerprint density at radius 2 is 1.81 bits per heavy atom. The van der Waals surface area contributed by atoms with E-state index in [1.807, 2.05) is 32.0 Å². The fourth-order valence-corrected chi connectivity index (χ4v) is 3.16. The van der Waals surface area contributed by atoms with Crippen LogP contribution in [0.15, 0.2) is 24.3 Å². The van der Waals surface area contributed by atoms with Gasteiger partial charge in [-0.15, -0.1) is 0 Å². The summed E-state index contributed by atoms with van der Waals surface area (Å²) in [7, 11) is -1.78. The molecule has 0 bridgehead atoms. The molecule has 3 nitrogen and oxygen atoms in total. The van der Waals surface area contributed by atoms with E-state index in [9.17, 15) is 0 Å². The molecule has 1 heterocycles. The Morgan fingerprint density at radius 3 is 2.43 bits per heavy atom. The molecule has 4 heteroatoms. The Kier molecular flexibility index (Phi) is 4.26. The summed E-state index contributed by atoms with van der Waals surface area (Å²) in [5.74, 6) is 0.285. The number of hydrogen-bond donors (Lipinski definition) is 0. The number of benzene rings is 1. The summed E-state index contributed by atoms with van der Waals surface area (Å²) >= 11 is 0. The van der Waals surface area contributed by atoms with Gasteiger partial charge >= 0.3 is 0 Å². The van der Waals surface area contributed by atoms with Gasteiger partial charge < -0.3 is 13.9 Å². The Morgan fingerprint density at radius 1 is 1.19 bits per heavy atom. The number of para-hydroxylation sites is 1. The van der Waals surface area contributed by atoms with Crippen LogP contribution >= 0.6 is 0 Å². The zero-order chi connectivity index (χ0) is 15.9. The van der Waals surface area contributed by atoms with Crippen molar-refractivity contribution in [1.29, 1.82) is 0 Å². The number of rotatable bonds is 3. The maximum Gasteiger partial charge on any atom is 0.205 e. The van der Waals surface area contributed by atoms with Crippen molar-refractivity contribution >= 4 is 8.32 Å². The first kappa shape index (κ1) is 16.5. The zero-order valence-electron chi connectivity index (χ0n) is 14.3. The van der Waals surface area contributed by atoms with Crippen molar-refractivity contribution in [3.63, 3.8) is 0 Å². The van der Waals surface area contributed by atoms with Crippen LogP contribution in [0.5, 0.6) is 5.75 Å². The lowest BCUT2D eigenvalue weighted by molar-refractivity contribution is -0.213. The second-order valence-corrected chi connectivity index (χ2v) is 12.5. The molecule has 0 aromatic heterocycles. The van der Waals surface area contributed by atoms with Gasteiger partial charge in [0.1, 0.15) is 11.9 Å². The van der Waals surface area contributed by atoms with E-state index < -0.39 is 14.1 Å². The van der Waals surface area contributed by atoms with Gasteiger partial charge in [0.2, 0.25) is 5.79 Å². The van der Waals surface area contributed by atoms with Crippen LogP contribution in [-0.2, 0) is 9.16 Å². The van der Waals surface area contributed by atoms with E-state index in [2.05, 4.69) is 39.9 Å². The predicted molar refractivity (Wildman–Crippen MR) is 88.1 cm³/mol. The molecule has 2 rings (SSSR count). The standard InChI is InChI=1S/C17H28O3Si/c1-16(2,3)21(6,7)18-12-15-13-10-8-9-11-14(13)19-17(4,5)20-15/h8-11,15H,12H2,1-7H3/t15-/m1/s1. The van der Waals surface area contributed by atoms with Gasteiger partial charge in [0.25, 0.3) is 0 Å². The van der Waals surface area contributed by atoms with Crippen LogP contribution in [0.1, 0.15) is 46.3 Å². The van der Waals surface area contributed by atoms with Crippen LogP contribution in [0.2, 0.25) is 18.1 Å². The fraction of sp³-hybridized carbons (Fsp3) is 0.647. The molecule has 0 saturated carbocycles. The van der Waals surface area contributed by atoms with E-state index in [4.69, 9.17) is 13.9 Å². The van der Waals surface area contributed by atoms with E-state index in [1.54, 1.807) is 0 Å². The van der Waals surface area contributed by atoms with Gasteiger partial charge in [-0.25, -0.2) is 0 Å². The molecule has 0 aliphatic carbocycles. The molecule has 0 saturated heterocycles. The van der Waals surface area contributed by atoms with Crippen molar-refractivity contribution in [2.24, 2.45) is 0 Å². The van der Waals surface area contributed by atoms with E-state index in [-0.39, 0.29) is 11.1 Å². The maximum atomic E-state index is 6.34. The monoisotopic (exact) mass is 308 g/mol. The molecule has 0 amide bonds. The smallest absolute Gasteiger partial charge is 0.205 e. The Labute approximate surface area is 129 Å². The average molecular weight is 308 g/mol. The maximum absolute atomic E-state index is 6.34. The number of ether oxygens (including phenoxy) is 2. The summed E-state index contributed by atoms with van der Waals surface area (Å²) in [6.45, 7) is 15.8. The lowest BCUT2D eigenvalue weighted by Crippen LogP contribution is -2.44. The molecule has 0 radical (unpaired) electrons. The molecule has 0 fully saturated rings. The first-order chi connectivity index (χ1) is 9.52. The highest BCUT2D eigenvalue weighted by atomic mass is 28.4. The molecule has 1 atom stereocenters. The normalized spacial score (nSPS) is 21.6. The van der Waals surface area contributed by atoms with Gasteiger partial charge in [0, 0.05) is 19.4 Å². The third-order valence-corrected chi connectivity index (χ3v) is 8.95. The highest BCUT2D eigenvalue weighted by Gasteiger charge is 2.40. The molecular formula is C17H28O3Si. The Balaban J connectivity index is 2.17. The number of fused-ring (bicyclic) bond motifs is 1. The van der Waals surface area contributed by atoms with Crippen LogP contribution in [0.25, 0.3) is 0 Å². The Hall–Kier alpha value is -0.843. The molecule has 0 unspecified atom stereocenters. The van der Waals surface area contributed by atoms with Gasteiger partial charge in [-0.2, -0.15) is 0 Å². The Bertz CT molecular complexity index is 503. The van der Waals surface area contributed by atoms with Crippen LogP contribution in [-0.4, -0.2) is 20.7 Å². The van der Waals surface area contributed by atoms with E-state index in [0.717, 1.165) is 11.3 Å². The fourth-order valence-electron chi connectivity index (χ4n) is 2.16. The molecule has 21 heavy (non-hydrogen) atoms. The molecule has 1 aliphatic rings. The van der Waals surface area contributed by atoms with Gasteiger partial charge in [-0.1, -0.05) is 39.0 Å². The van der Waals surface area contributed by atoms with Crippen LogP contribution < -0.4 is 4.74 Å². The summed E-state index contributed by atoms with van der Waals surface area (Å²) in [6, 6.07) is 8.07. The van der Waals surface area contributed by atoms with Crippen molar-refractivity contribution in [2.75, 3.05) is 6.61 Å². The predicted octanol–water partition coefficient (Wildman–Crippen LogP) is 4.89. The van der Waals surface area contributed by atoms with Gasteiger partial charge in [-0.3, -0.25) is 0 Å². The lowest BCUT2D eigenvalue weighted by Gasteiger charge is -2.41. The third-order valence-electron chi connectivity index (χ3n) is 4.45. The SMILES string of the molecule is CC1(C)Oc2ccccc2[C@@H](CO[Si](C)(C)C(C)(C)C)O1. The van der Waals surface area contributed by atoms with Crippen molar-refractivity contribution in [3.05, 3.63) is 29.8 Å². The minimum atomic E-state index is -1.78. The van der Waals surface area contributed by atoms with Gasteiger partial charge in [0.05, 0.1) is 6.61 Å². The lowest BCUT2D eigenvalue weighted by atomic mass is 10.1. The summed E-state index contributed by atoms with van der Waals surface area (Å²) in [4.78, 5) is 0. The third kappa shape index (κ3) is 3.68. The molecule has 1 aromatic carbocycles. The highest BCUT2D eigenvalue weighted by Crippen LogP contribution is 2.41. The molecule has 1 aromatic rings. The summed E-state index contributed by atoms with van der Waals surface area (Å²) in [5.41, 5.74) is 1.08. The summed E-state index contributed by atoms with van der Waals surface area (Å²) < 4.78 is 18.3. The van der Waals surface area contributed by atoms with Crippen molar-refractivity contribution in [1.82, 2.24) is 0 Å². The molecule has 0 N–H and O–H groups in total. The first-order valence-electron chi connectivity index (χ1n) is 7.62. The highest BCUT2D eigenvalue weighted by molar-refractivity contribution is 6.74. The second-order valence-electron chi connectivity index (χ2n) is 7.72. The molecule has 0 spiro atoms.